The monoisotopic (exact) mass is 320 g/mol. The summed E-state index contributed by atoms with van der Waals surface area (Å²) in [5.74, 6) is 0. The van der Waals surface area contributed by atoms with Crippen molar-refractivity contribution in [2.24, 2.45) is 0 Å². The van der Waals surface area contributed by atoms with Crippen LogP contribution >= 0.6 is 0 Å². The maximum atomic E-state index is 11.8. The normalized spacial score (nSPS) is 14.7. The Bertz CT molecular complexity index is 999. The number of hydrogen-bond acceptors (Lipinski definition) is 4. The highest BCUT2D eigenvalue weighted by Crippen LogP contribution is 2.46. The van der Waals surface area contributed by atoms with E-state index >= 15 is 0 Å². The van der Waals surface area contributed by atoms with Gasteiger partial charge in [0.05, 0.1) is 0 Å². The third-order valence-corrected chi connectivity index (χ3v) is 4.72. The van der Waals surface area contributed by atoms with Crippen LogP contribution in [0.1, 0.15) is 11.1 Å². The van der Waals surface area contributed by atoms with Gasteiger partial charge in [-0.1, -0.05) is 54.6 Å². The van der Waals surface area contributed by atoms with Crippen LogP contribution in [-0.4, -0.2) is 9.85 Å². The molecule has 0 aromatic heterocycles. The molecule has 0 bridgehead atoms. The van der Waals surface area contributed by atoms with Crippen LogP contribution in [0.4, 0.5) is 0 Å². The van der Waals surface area contributed by atoms with Crippen molar-refractivity contribution in [3.8, 4) is 11.1 Å². The van der Waals surface area contributed by atoms with Gasteiger partial charge in [-0.3, -0.25) is 20.2 Å². The minimum Gasteiger partial charge on any atom is -0.258 e. The van der Waals surface area contributed by atoms with E-state index in [-0.39, 0.29) is 12.0 Å². The van der Waals surface area contributed by atoms with Crippen LogP contribution in [0.5, 0.6) is 0 Å². The van der Waals surface area contributed by atoms with Gasteiger partial charge in [0, 0.05) is 0 Å². The Kier molecular flexibility index (Phi) is 2.90. The molecule has 0 heterocycles. The molecule has 0 saturated heterocycles. The Balaban J connectivity index is 2.15. The summed E-state index contributed by atoms with van der Waals surface area (Å²) >= 11 is 0. The lowest BCUT2D eigenvalue weighted by Gasteiger charge is -2.27. The first kappa shape index (κ1) is 14.3. The van der Waals surface area contributed by atoms with Gasteiger partial charge in [-0.2, -0.15) is 0 Å². The third-order valence-electron chi connectivity index (χ3n) is 4.72. The quantitative estimate of drug-likeness (QED) is 0.408. The predicted molar refractivity (Wildman–Crippen MR) is 88.8 cm³/mol. The number of rotatable bonds is 2. The van der Waals surface area contributed by atoms with Crippen LogP contribution in [0.15, 0.2) is 60.7 Å². The van der Waals surface area contributed by atoms with Crippen LogP contribution < -0.4 is 0 Å². The standard InChI is InChI=1S/C18H12N2O4/c21-19(22)18(20(23)24)11-16-13-6-2-1-5-12(13)9-10-14(16)15-7-3-4-8-17(15)18/h1-10H,11H2. The molecule has 0 aliphatic heterocycles. The number of benzene rings is 3. The van der Waals surface area contributed by atoms with Gasteiger partial charge >= 0.3 is 5.66 Å². The summed E-state index contributed by atoms with van der Waals surface area (Å²) in [5, 5.41) is 25.3. The Labute approximate surface area is 136 Å². The first-order valence-electron chi connectivity index (χ1n) is 7.45. The van der Waals surface area contributed by atoms with Crippen molar-refractivity contribution in [2.45, 2.75) is 12.1 Å². The lowest BCUT2D eigenvalue weighted by atomic mass is 9.77. The highest BCUT2D eigenvalue weighted by Gasteiger charge is 2.61. The Morgan fingerprint density at radius 2 is 1.46 bits per heavy atom. The highest BCUT2D eigenvalue weighted by atomic mass is 16.7. The highest BCUT2D eigenvalue weighted by molar-refractivity contribution is 5.93. The first-order valence-corrected chi connectivity index (χ1v) is 7.45. The summed E-state index contributed by atoms with van der Waals surface area (Å²) in [4.78, 5) is 22.0. The van der Waals surface area contributed by atoms with Crippen LogP contribution in [0.25, 0.3) is 21.9 Å². The molecule has 0 unspecified atom stereocenters. The summed E-state index contributed by atoms with van der Waals surface area (Å²) in [6.07, 6.45) is -0.263. The van der Waals surface area contributed by atoms with E-state index in [1.54, 1.807) is 18.2 Å². The molecule has 6 heteroatoms. The molecule has 4 rings (SSSR count). The number of fused-ring (bicyclic) bond motifs is 5. The van der Waals surface area contributed by atoms with Crippen LogP contribution in [-0.2, 0) is 12.1 Å². The topological polar surface area (TPSA) is 86.3 Å². The van der Waals surface area contributed by atoms with Crippen LogP contribution in [0.3, 0.4) is 0 Å². The van der Waals surface area contributed by atoms with Crippen LogP contribution in [0, 0.1) is 20.2 Å². The second-order valence-electron chi connectivity index (χ2n) is 5.87. The molecule has 0 amide bonds. The maximum absolute atomic E-state index is 11.8. The van der Waals surface area contributed by atoms with E-state index < -0.39 is 15.5 Å². The Morgan fingerprint density at radius 3 is 2.21 bits per heavy atom. The van der Waals surface area contributed by atoms with Crippen molar-refractivity contribution in [3.63, 3.8) is 0 Å². The summed E-state index contributed by atoms with van der Waals surface area (Å²) in [5.41, 5.74) is -0.183. The van der Waals surface area contributed by atoms with Crippen LogP contribution in [0.2, 0.25) is 0 Å². The first-order chi connectivity index (χ1) is 11.6. The molecule has 0 saturated carbocycles. The fourth-order valence-corrected chi connectivity index (χ4v) is 3.58. The minimum atomic E-state index is -2.35. The molecule has 1 aliphatic carbocycles. The summed E-state index contributed by atoms with van der Waals surface area (Å²) in [6, 6.07) is 17.8. The number of hydrogen-bond donors (Lipinski definition) is 0. The van der Waals surface area contributed by atoms with Gasteiger partial charge < -0.3 is 0 Å². The van der Waals surface area contributed by atoms with Gasteiger partial charge in [-0.25, -0.2) is 0 Å². The van der Waals surface area contributed by atoms with Crippen molar-refractivity contribution in [2.75, 3.05) is 0 Å². The molecule has 0 atom stereocenters. The maximum Gasteiger partial charge on any atom is 0.488 e. The summed E-state index contributed by atoms with van der Waals surface area (Å²) in [6.45, 7) is 0. The average Bonchev–Trinajstić information content (AvgIpc) is 2.60. The van der Waals surface area contributed by atoms with E-state index in [9.17, 15) is 20.2 Å². The zero-order valence-electron chi connectivity index (χ0n) is 12.5. The van der Waals surface area contributed by atoms with Gasteiger partial charge in [0.25, 0.3) is 0 Å². The molecule has 0 radical (unpaired) electrons. The van der Waals surface area contributed by atoms with Crippen molar-refractivity contribution < 1.29 is 9.85 Å². The third kappa shape index (κ3) is 1.70. The van der Waals surface area contributed by atoms with E-state index in [0.717, 1.165) is 16.3 Å². The summed E-state index contributed by atoms with van der Waals surface area (Å²) in [7, 11) is 0. The molecule has 118 valence electrons. The second-order valence-corrected chi connectivity index (χ2v) is 5.87. The molecule has 24 heavy (non-hydrogen) atoms. The van der Waals surface area contributed by atoms with Gasteiger partial charge in [0.1, 0.15) is 21.8 Å². The van der Waals surface area contributed by atoms with E-state index in [1.807, 2.05) is 36.4 Å². The fraction of sp³-hybridized carbons (Fsp3) is 0.111. The zero-order chi connectivity index (χ0) is 16.9. The van der Waals surface area contributed by atoms with E-state index in [1.165, 1.54) is 6.07 Å². The number of nitrogens with zero attached hydrogens (tertiary/aromatic N) is 2. The number of nitro groups is 2. The van der Waals surface area contributed by atoms with E-state index in [2.05, 4.69) is 0 Å². The van der Waals surface area contributed by atoms with Gasteiger partial charge in [0.15, 0.2) is 0 Å². The SMILES string of the molecule is O=[N+]([O-])C1([N+](=O)[O-])Cc2c(ccc3ccccc23)-c2ccccc21. The van der Waals surface area contributed by atoms with Crippen molar-refractivity contribution in [1.29, 1.82) is 0 Å². The van der Waals surface area contributed by atoms with E-state index in [4.69, 9.17) is 0 Å². The average molecular weight is 320 g/mol. The molecule has 6 nitrogen and oxygen atoms in total. The largest absolute Gasteiger partial charge is 0.488 e. The molecular formula is C18H12N2O4. The minimum absolute atomic E-state index is 0.141. The molecule has 0 fully saturated rings. The fourth-order valence-electron chi connectivity index (χ4n) is 3.58. The Morgan fingerprint density at radius 1 is 0.792 bits per heavy atom. The van der Waals surface area contributed by atoms with Gasteiger partial charge in [-0.05, 0) is 33.5 Å². The zero-order valence-corrected chi connectivity index (χ0v) is 12.5. The summed E-state index contributed by atoms with van der Waals surface area (Å²) < 4.78 is 0. The predicted octanol–water partition coefficient (Wildman–Crippen LogP) is 3.77. The smallest absolute Gasteiger partial charge is 0.258 e. The molecule has 3 aromatic carbocycles. The van der Waals surface area contributed by atoms with E-state index in [0.29, 0.717) is 11.1 Å². The van der Waals surface area contributed by atoms with Crippen molar-refractivity contribution in [1.82, 2.24) is 0 Å². The molecule has 3 aromatic rings. The lowest BCUT2D eigenvalue weighted by molar-refractivity contribution is -0.810. The lowest BCUT2D eigenvalue weighted by Crippen LogP contribution is -2.47. The molecule has 0 spiro atoms. The second kappa shape index (κ2) is 4.86. The van der Waals surface area contributed by atoms with Gasteiger partial charge in [-0.15, -0.1) is 0 Å². The molecule has 0 N–H and O–H groups in total. The van der Waals surface area contributed by atoms with Crippen molar-refractivity contribution in [3.05, 3.63) is 92.0 Å². The van der Waals surface area contributed by atoms with Gasteiger partial charge in [0.2, 0.25) is 0 Å². The molecular weight excluding hydrogens is 308 g/mol. The Hall–Kier alpha value is -3.28. The van der Waals surface area contributed by atoms with Crippen molar-refractivity contribution >= 4 is 10.8 Å². The molecule has 1 aliphatic rings.